The summed E-state index contributed by atoms with van der Waals surface area (Å²) in [5.74, 6) is -0.565. The molecule has 8 nitrogen and oxygen atoms in total. The van der Waals surface area contributed by atoms with Crippen molar-refractivity contribution < 1.29 is 18.7 Å². The Kier molecular flexibility index (Phi) is 5.44. The Morgan fingerprint density at radius 2 is 1.78 bits per heavy atom. The van der Waals surface area contributed by atoms with Gasteiger partial charge in [-0.15, -0.1) is 5.10 Å². The van der Waals surface area contributed by atoms with Crippen molar-refractivity contribution in [2.45, 2.75) is 38.6 Å². The Morgan fingerprint density at radius 3 is 2.44 bits per heavy atom. The highest BCUT2D eigenvalue weighted by Crippen LogP contribution is 2.56. The van der Waals surface area contributed by atoms with Gasteiger partial charge in [-0.1, -0.05) is 11.3 Å². The van der Waals surface area contributed by atoms with Gasteiger partial charge in [0.1, 0.15) is 5.82 Å². The van der Waals surface area contributed by atoms with E-state index in [9.17, 15) is 14.0 Å². The fourth-order valence-corrected chi connectivity index (χ4v) is 5.20. The highest BCUT2D eigenvalue weighted by Gasteiger charge is 2.50. The lowest BCUT2D eigenvalue weighted by atomic mass is 9.59. The maximum absolute atomic E-state index is 13.9. The molecular formula is C23H28FN5O3. The lowest BCUT2D eigenvalue weighted by Crippen LogP contribution is -2.51. The standard InChI is InChI=1S/C23H28FN5O3/c1-16-2-3-17(14-18(16)24)21(30)27-8-6-23(7-9-27)5-4-20(23)29-15-19(25-26-29)22(31)28-10-12-32-13-11-28/h2-3,14-15,20H,4-13H2,1H3. The van der Waals surface area contributed by atoms with Gasteiger partial charge < -0.3 is 14.5 Å². The summed E-state index contributed by atoms with van der Waals surface area (Å²) in [5, 5.41) is 8.44. The molecule has 2 amide bonds. The highest BCUT2D eigenvalue weighted by molar-refractivity contribution is 5.94. The van der Waals surface area contributed by atoms with Crippen molar-refractivity contribution in [2.75, 3.05) is 39.4 Å². The first kappa shape index (κ1) is 21.1. The van der Waals surface area contributed by atoms with Gasteiger partial charge in [0, 0.05) is 31.7 Å². The average Bonchev–Trinajstić information content (AvgIpc) is 3.29. The smallest absolute Gasteiger partial charge is 0.276 e. The van der Waals surface area contributed by atoms with Gasteiger partial charge in [0.05, 0.1) is 25.5 Å². The predicted molar refractivity (Wildman–Crippen MR) is 114 cm³/mol. The number of aryl methyl sites for hydroxylation is 1. The molecule has 1 unspecified atom stereocenters. The van der Waals surface area contributed by atoms with E-state index in [-0.39, 0.29) is 29.1 Å². The van der Waals surface area contributed by atoms with Crippen LogP contribution in [0.15, 0.2) is 24.4 Å². The lowest BCUT2D eigenvalue weighted by molar-refractivity contribution is -0.0268. The molecule has 2 aliphatic heterocycles. The van der Waals surface area contributed by atoms with Gasteiger partial charge in [0.25, 0.3) is 11.8 Å². The fourth-order valence-electron chi connectivity index (χ4n) is 5.20. The van der Waals surface area contributed by atoms with Crippen molar-refractivity contribution in [3.05, 3.63) is 47.0 Å². The van der Waals surface area contributed by atoms with E-state index in [0.717, 1.165) is 25.7 Å². The number of piperidine rings is 1. The van der Waals surface area contributed by atoms with Crippen molar-refractivity contribution in [2.24, 2.45) is 5.41 Å². The summed E-state index contributed by atoms with van der Waals surface area (Å²) in [6, 6.07) is 4.86. The summed E-state index contributed by atoms with van der Waals surface area (Å²) < 4.78 is 21.1. The van der Waals surface area contributed by atoms with Crippen LogP contribution in [0.25, 0.3) is 0 Å². The topological polar surface area (TPSA) is 80.6 Å². The number of nitrogens with zero attached hydrogens (tertiary/aromatic N) is 5. The second-order valence-corrected chi connectivity index (χ2v) is 9.16. The zero-order valence-corrected chi connectivity index (χ0v) is 18.3. The van der Waals surface area contributed by atoms with Gasteiger partial charge in [0.2, 0.25) is 0 Å². The van der Waals surface area contributed by atoms with Crippen molar-refractivity contribution in [3.8, 4) is 0 Å². The average molecular weight is 442 g/mol. The first-order valence-corrected chi connectivity index (χ1v) is 11.3. The quantitative estimate of drug-likeness (QED) is 0.731. The number of morpholine rings is 1. The van der Waals surface area contributed by atoms with Gasteiger partial charge in [0.15, 0.2) is 5.69 Å². The largest absolute Gasteiger partial charge is 0.378 e. The van der Waals surface area contributed by atoms with Crippen LogP contribution in [0.2, 0.25) is 0 Å². The molecule has 1 spiro atoms. The van der Waals surface area contributed by atoms with E-state index < -0.39 is 0 Å². The van der Waals surface area contributed by atoms with Crippen LogP contribution >= 0.6 is 0 Å². The van der Waals surface area contributed by atoms with E-state index in [1.54, 1.807) is 30.2 Å². The minimum Gasteiger partial charge on any atom is -0.378 e. The van der Waals surface area contributed by atoms with Crippen LogP contribution in [0.3, 0.4) is 0 Å². The van der Waals surface area contributed by atoms with E-state index in [0.29, 0.717) is 56.2 Å². The molecule has 1 saturated carbocycles. The molecule has 0 N–H and O–H groups in total. The van der Waals surface area contributed by atoms with Crippen LogP contribution in [0, 0.1) is 18.2 Å². The van der Waals surface area contributed by atoms with Crippen molar-refractivity contribution in [1.82, 2.24) is 24.8 Å². The molecule has 1 atom stereocenters. The van der Waals surface area contributed by atoms with Crippen molar-refractivity contribution in [1.29, 1.82) is 0 Å². The summed E-state index contributed by atoms with van der Waals surface area (Å²) in [4.78, 5) is 29.1. The van der Waals surface area contributed by atoms with Crippen molar-refractivity contribution in [3.63, 3.8) is 0 Å². The fraction of sp³-hybridized carbons (Fsp3) is 0.565. The number of carbonyl (C=O) groups excluding carboxylic acids is 2. The number of ether oxygens (including phenoxy) is 1. The molecule has 32 heavy (non-hydrogen) atoms. The lowest BCUT2D eigenvalue weighted by Gasteiger charge is -2.53. The zero-order chi connectivity index (χ0) is 22.3. The van der Waals surface area contributed by atoms with Crippen LogP contribution in [-0.4, -0.2) is 76.0 Å². The predicted octanol–water partition coefficient (Wildman–Crippen LogP) is 2.46. The Balaban J connectivity index is 1.23. The molecule has 9 heteroatoms. The Hall–Kier alpha value is -2.81. The number of halogens is 1. The number of hydrogen-bond donors (Lipinski definition) is 0. The number of likely N-dealkylation sites (tertiary alicyclic amines) is 1. The van der Waals surface area contributed by atoms with E-state index in [4.69, 9.17) is 4.74 Å². The number of benzene rings is 1. The van der Waals surface area contributed by atoms with Gasteiger partial charge in [-0.2, -0.15) is 0 Å². The minimum atomic E-state index is -0.350. The Morgan fingerprint density at radius 1 is 1.06 bits per heavy atom. The molecule has 1 aliphatic carbocycles. The van der Waals surface area contributed by atoms with Crippen LogP contribution < -0.4 is 0 Å². The molecule has 1 aromatic heterocycles. The number of amides is 2. The number of aromatic nitrogens is 3. The third kappa shape index (κ3) is 3.68. The molecule has 1 aromatic carbocycles. The summed E-state index contributed by atoms with van der Waals surface area (Å²) in [5.41, 5.74) is 1.39. The van der Waals surface area contributed by atoms with Gasteiger partial charge in [-0.05, 0) is 55.7 Å². The SMILES string of the molecule is Cc1ccc(C(=O)N2CCC3(CCC3n3cc(C(=O)N4CCOCC4)nn3)CC2)cc1F. The Bertz CT molecular complexity index is 1020. The molecule has 3 fully saturated rings. The molecule has 3 aliphatic rings. The monoisotopic (exact) mass is 441 g/mol. The summed E-state index contributed by atoms with van der Waals surface area (Å²) >= 11 is 0. The van der Waals surface area contributed by atoms with Gasteiger partial charge in [-0.25, -0.2) is 9.07 Å². The summed E-state index contributed by atoms with van der Waals surface area (Å²) in [7, 11) is 0. The number of hydrogen-bond acceptors (Lipinski definition) is 5. The van der Waals surface area contributed by atoms with E-state index in [1.165, 1.54) is 6.07 Å². The third-order valence-electron chi connectivity index (χ3n) is 7.43. The van der Waals surface area contributed by atoms with E-state index in [2.05, 4.69) is 10.3 Å². The van der Waals surface area contributed by atoms with Crippen LogP contribution in [0.1, 0.15) is 58.1 Å². The zero-order valence-electron chi connectivity index (χ0n) is 18.3. The molecule has 2 aromatic rings. The minimum absolute atomic E-state index is 0.0717. The molecule has 170 valence electrons. The molecule has 0 bridgehead atoms. The van der Waals surface area contributed by atoms with Gasteiger partial charge in [-0.3, -0.25) is 9.59 Å². The van der Waals surface area contributed by atoms with Crippen LogP contribution in [0.4, 0.5) is 4.39 Å². The normalized spacial score (nSPS) is 22.6. The Labute approximate surface area is 186 Å². The second-order valence-electron chi connectivity index (χ2n) is 9.16. The van der Waals surface area contributed by atoms with E-state index in [1.807, 2.05) is 9.58 Å². The number of carbonyl (C=O) groups is 2. The summed E-state index contributed by atoms with van der Waals surface area (Å²) in [6.07, 6.45) is 5.57. The summed E-state index contributed by atoms with van der Waals surface area (Å²) in [6.45, 7) is 5.22. The first-order chi connectivity index (χ1) is 15.5. The maximum Gasteiger partial charge on any atom is 0.276 e. The van der Waals surface area contributed by atoms with Crippen LogP contribution in [0.5, 0.6) is 0 Å². The maximum atomic E-state index is 13.9. The second kappa shape index (κ2) is 8.27. The van der Waals surface area contributed by atoms with Crippen LogP contribution in [-0.2, 0) is 4.74 Å². The molecule has 3 heterocycles. The molecule has 2 saturated heterocycles. The van der Waals surface area contributed by atoms with Gasteiger partial charge >= 0.3 is 0 Å². The third-order valence-corrected chi connectivity index (χ3v) is 7.43. The van der Waals surface area contributed by atoms with Crippen molar-refractivity contribution >= 4 is 11.8 Å². The first-order valence-electron chi connectivity index (χ1n) is 11.3. The number of rotatable bonds is 3. The van der Waals surface area contributed by atoms with E-state index >= 15 is 0 Å². The highest BCUT2D eigenvalue weighted by atomic mass is 19.1. The molecule has 5 rings (SSSR count). The molecular weight excluding hydrogens is 413 g/mol. The molecule has 0 radical (unpaired) electrons.